The minimum Gasteiger partial charge on any atom is -0.389 e. The Morgan fingerprint density at radius 1 is 1.25 bits per heavy atom. The first-order valence-corrected chi connectivity index (χ1v) is 6.35. The summed E-state index contributed by atoms with van der Waals surface area (Å²) in [7, 11) is 0. The van der Waals surface area contributed by atoms with Crippen LogP contribution in [0.1, 0.15) is 43.3 Å². The van der Waals surface area contributed by atoms with Crippen LogP contribution in [0.2, 0.25) is 0 Å². The lowest BCUT2D eigenvalue weighted by Gasteiger charge is -2.38. The van der Waals surface area contributed by atoms with E-state index in [1.807, 2.05) is 34.6 Å². The second-order valence-electron chi connectivity index (χ2n) is 5.29. The Bertz CT molecular complexity index is 344. The smallest absolute Gasteiger partial charge is 0.107 e. The van der Waals surface area contributed by atoms with E-state index >= 15 is 0 Å². The van der Waals surface area contributed by atoms with Crippen molar-refractivity contribution in [3.63, 3.8) is 0 Å². The number of thiazole rings is 1. The van der Waals surface area contributed by atoms with Crippen molar-refractivity contribution >= 4 is 11.3 Å². The maximum atomic E-state index is 10.0. The van der Waals surface area contributed by atoms with Crippen LogP contribution in [-0.4, -0.2) is 21.2 Å². The molecule has 0 bridgehead atoms. The Kier molecular flexibility index (Phi) is 3.77. The summed E-state index contributed by atoms with van der Waals surface area (Å²) in [4.78, 5) is 5.73. The predicted octanol–water partition coefficient (Wildman–Crippen LogP) is 2.40. The zero-order valence-electron chi connectivity index (χ0n) is 11.0. The molecule has 1 rings (SSSR count). The molecule has 3 nitrogen and oxygen atoms in total. The summed E-state index contributed by atoms with van der Waals surface area (Å²) in [6.07, 6.45) is 0. The zero-order chi connectivity index (χ0) is 12.6. The number of aryl methyl sites for hydroxylation is 2. The van der Waals surface area contributed by atoms with Crippen molar-refractivity contribution in [2.45, 2.75) is 59.2 Å². The molecular formula is C12H22N2OS. The van der Waals surface area contributed by atoms with Crippen LogP contribution in [0.4, 0.5) is 0 Å². The van der Waals surface area contributed by atoms with Crippen molar-refractivity contribution < 1.29 is 5.11 Å². The fourth-order valence-corrected chi connectivity index (χ4v) is 2.00. The molecule has 0 aromatic carbocycles. The highest BCUT2D eigenvalue weighted by atomic mass is 32.1. The van der Waals surface area contributed by atoms with Gasteiger partial charge in [-0.25, -0.2) is 4.98 Å². The van der Waals surface area contributed by atoms with E-state index in [4.69, 9.17) is 0 Å². The Morgan fingerprint density at radius 2 is 1.81 bits per heavy atom. The normalized spacial score (nSPS) is 13.2. The van der Waals surface area contributed by atoms with Gasteiger partial charge in [-0.15, -0.1) is 11.3 Å². The van der Waals surface area contributed by atoms with Crippen LogP contribution in [0.25, 0.3) is 0 Å². The molecule has 0 atom stereocenters. The SMILES string of the molecule is Cc1nc(CNC(C)(C)C(C)(C)O)sc1C. The molecule has 1 aromatic rings. The van der Waals surface area contributed by atoms with Gasteiger partial charge >= 0.3 is 0 Å². The molecule has 0 fully saturated rings. The molecule has 0 aliphatic carbocycles. The first kappa shape index (κ1) is 13.6. The van der Waals surface area contributed by atoms with E-state index in [0.29, 0.717) is 6.54 Å². The van der Waals surface area contributed by atoms with Crippen LogP contribution < -0.4 is 5.32 Å². The molecule has 4 heteroatoms. The lowest BCUT2D eigenvalue weighted by molar-refractivity contribution is -0.00532. The third-order valence-corrected chi connectivity index (χ3v) is 4.36. The van der Waals surface area contributed by atoms with Gasteiger partial charge in [0.2, 0.25) is 0 Å². The van der Waals surface area contributed by atoms with Gasteiger partial charge < -0.3 is 10.4 Å². The molecule has 0 radical (unpaired) electrons. The Morgan fingerprint density at radius 3 is 2.19 bits per heavy atom. The number of rotatable bonds is 4. The van der Waals surface area contributed by atoms with E-state index in [9.17, 15) is 5.11 Å². The van der Waals surface area contributed by atoms with Crippen LogP contribution >= 0.6 is 11.3 Å². The first-order valence-electron chi connectivity index (χ1n) is 5.54. The van der Waals surface area contributed by atoms with Crippen LogP contribution in [0.5, 0.6) is 0 Å². The van der Waals surface area contributed by atoms with Crippen molar-refractivity contribution in [1.82, 2.24) is 10.3 Å². The van der Waals surface area contributed by atoms with Crippen LogP contribution in [0.3, 0.4) is 0 Å². The monoisotopic (exact) mass is 242 g/mol. The Labute approximate surface area is 102 Å². The minimum atomic E-state index is -0.756. The molecule has 0 spiro atoms. The van der Waals surface area contributed by atoms with Crippen molar-refractivity contribution in [2.75, 3.05) is 0 Å². The van der Waals surface area contributed by atoms with E-state index in [2.05, 4.69) is 17.2 Å². The van der Waals surface area contributed by atoms with Crippen molar-refractivity contribution in [1.29, 1.82) is 0 Å². The van der Waals surface area contributed by atoms with Gasteiger partial charge in [-0.2, -0.15) is 0 Å². The lowest BCUT2D eigenvalue weighted by atomic mass is 9.86. The minimum absolute atomic E-state index is 0.333. The van der Waals surface area contributed by atoms with Gasteiger partial charge in [0.1, 0.15) is 5.01 Å². The van der Waals surface area contributed by atoms with Crippen molar-refractivity contribution in [2.24, 2.45) is 0 Å². The number of nitrogens with zero attached hydrogens (tertiary/aromatic N) is 1. The molecule has 0 unspecified atom stereocenters. The number of aliphatic hydroxyl groups is 1. The van der Waals surface area contributed by atoms with Crippen molar-refractivity contribution in [3.05, 3.63) is 15.6 Å². The number of hydrogen-bond donors (Lipinski definition) is 2. The predicted molar refractivity (Wildman–Crippen MR) is 68.8 cm³/mol. The first-order chi connectivity index (χ1) is 7.13. The van der Waals surface area contributed by atoms with Crippen LogP contribution in [0.15, 0.2) is 0 Å². The average Bonchev–Trinajstić information content (AvgIpc) is 2.41. The Balaban J connectivity index is 2.65. The van der Waals surface area contributed by atoms with Crippen molar-refractivity contribution in [3.8, 4) is 0 Å². The maximum Gasteiger partial charge on any atom is 0.107 e. The van der Waals surface area contributed by atoms with E-state index in [0.717, 1.165) is 10.7 Å². The third kappa shape index (κ3) is 3.03. The summed E-state index contributed by atoms with van der Waals surface area (Å²) in [6.45, 7) is 12.4. The van der Waals surface area contributed by atoms with Gasteiger partial charge in [0.25, 0.3) is 0 Å². The summed E-state index contributed by atoms with van der Waals surface area (Å²) >= 11 is 1.71. The molecule has 0 saturated carbocycles. The van der Waals surface area contributed by atoms with E-state index < -0.39 is 5.60 Å². The number of nitrogens with one attached hydrogen (secondary N) is 1. The quantitative estimate of drug-likeness (QED) is 0.852. The standard InChI is InChI=1S/C12H22N2OS/c1-8-9(2)16-10(14-8)7-13-11(3,4)12(5,6)15/h13,15H,7H2,1-6H3. The number of hydrogen-bond acceptors (Lipinski definition) is 4. The van der Waals surface area contributed by atoms with Gasteiger partial charge in [0, 0.05) is 17.0 Å². The topological polar surface area (TPSA) is 45.2 Å². The van der Waals surface area contributed by atoms with Gasteiger partial charge in [-0.05, 0) is 41.5 Å². The summed E-state index contributed by atoms with van der Waals surface area (Å²) in [5.74, 6) is 0. The highest BCUT2D eigenvalue weighted by Crippen LogP contribution is 2.22. The molecular weight excluding hydrogens is 220 g/mol. The molecule has 0 aliphatic rings. The second-order valence-corrected chi connectivity index (χ2v) is 6.57. The fourth-order valence-electron chi connectivity index (χ4n) is 1.13. The molecule has 92 valence electrons. The molecule has 1 aromatic heterocycles. The van der Waals surface area contributed by atoms with Crippen LogP contribution in [0, 0.1) is 13.8 Å². The summed E-state index contributed by atoms with van der Waals surface area (Å²) < 4.78 is 0. The van der Waals surface area contributed by atoms with Gasteiger partial charge in [-0.1, -0.05) is 0 Å². The average molecular weight is 242 g/mol. The van der Waals surface area contributed by atoms with E-state index in [1.54, 1.807) is 11.3 Å². The molecule has 2 N–H and O–H groups in total. The highest BCUT2D eigenvalue weighted by Gasteiger charge is 2.34. The zero-order valence-corrected chi connectivity index (χ0v) is 11.8. The summed E-state index contributed by atoms with van der Waals surface area (Å²) in [6, 6.07) is 0. The van der Waals surface area contributed by atoms with Gasteiger partial charge in [0.15, 0.2) is 0 Å². The second kappa shape index (κ2) is 4.43. The molecule has 0 aliphatic heterocycles. The molecule has 0 saturated heterocycles. The molecule has 1 heterocycles. The van der Waals surface area contributed by atoms with E-state index in [1.165, 1.54) is 4.88 Å². The molecule has 16 heavy (non-hydrogen) atoms. The van der Waals surface area contributed by atoms with E-state index in [-0.39, 0.29) is 5.54 Å². The fraction of sp³-hybridized carbons (Fsp3) is 0.750. The van der Waals surface area contributed by atoms with Gasteiger partial charge in [0.05, 0.1) is 11.3 Å². The third-order valence-electron chi connectivity index (χ3n) is 3.28. The lowest BCUT2D eigenvalue weighted by Crippen LogP contribution is -2.55. The largest absolute Gasteiger partial charge is 0.389 e. The Hall–Kier alpha value is -0.450. The number of aromatic nitrogens is 1. The summed E-state index contributed by atoms with van der Waals surface area (Å²) in [5.41, 5.74) is 0.0114. The maximum absolute atomic E-state index is 10.0. The van der Waals surface area contributed by atoms with Crippen LogP contribution in [-0.2, 0) is 6.54 Å². The highest BCUT2D eigenvalue weighted by molar-refractivity contribution is 7.11. The summed E-state index contributed by atoms with van der Waals surface area (Å²) in [5, 5.41) is 14.4. The van der Waals surface area contributed by atoms with Gasteiger partial charge in [-0.3, -0.25) is 0 Å². The molecule has 0 amide bonds.